The Kier molecular flexibility index (Phi) is 3.55. The summed E-state index contributed by atoms with van der Waals surface area (Å²) >= 11 is 0. The minimum Gasteiger partial charge on any atom is -0.367 e. The first-order valence-corrected chi connectivity index (χ1v) is 5.49. The molecule has 14 heavy (non-hydrogen) atoms. The average Bonchev–Trinajstić information content (AvgIpc) is 2.83. The van der Waals surface area contributed by atoms with Crippen LogP contribution in [0, 0.1) is 0 Å². The van der Waals surface area contributed by atoms with Gasteiger partial charge in [0.25, 0.3) is 0 Å². The van der Waals surface area contributed by atoms with Crippen LogP contribution in [-0.2, 0) is 0 Å². The third-order valence-corrected chi connectivity index (χ3v) is 2.75. The lowest BCUT2D eigenvalue weighted by molar-refractivity contribution is 0.855. The van der Waals surface area contributed by atoms with Gasteiger partial charge in [0.15, 0.2) is 0 Å². The van der Waals surface area contributed by atoms with Gasteiger partial charge in [-0.2, -0.15) is 0 Å². The normalized spacial score (nSPS) is 10.9. The van der Waals surface area contributed by atoms with Gasteiger partial charge in [0.2, 0.25) is 5.43 Å². The fraction of sp³-hybridized carbons (Fsp3) is 0.727. The molecule has 0 radical (unpaired) electrons. The van der Waals surface area contributed by atoms with Crippen molar-refractivity contribution in [2.24, 2.45) is 0 Å². The molecule has 1 aromatic rings. The second-order valence-electron chi connectivity index (χ2n) is 3.37. The molecule has 0 fully saturated rings. The molecule has 0 N–H and O–H groups in total. The zero-order valence-electron chi connectivity index (χ0n) is 9.63. The second-order valence-corrected chi connectivity index (χ2v) is 3.37. The summed E-state index contributed by atoms with van der Waals surface area (Å²) in [6, 6.07) is 0. The lowest BCUT2D eigenvalue weighted by Gasteiger charge is -2.19. The lowest BCUT2D eigenvalue weighted by atomic mass is 10.5. The standard InChI is InChI=1S/C11H20N2O/c1-5-12(6-2)9-10(11(9)14)13(7-3)8-4/h5-8H2,1-4H3. The molecule has 0 aliphatic carbocycles. The molecule has 0 heterocycles. The molecule has 0 atom stereocenters. The summed E-state index contributed by atoms with van der Waals surface area (Å²) in [6.07, 6.45) is 0. The summed E-state index contributed by atoms with van der Waals surface area (Å²) in [4.78, 5) is 15.8. The Hall–Kier alpha value is -0.990. The minimum absolute atomic E-state index is 0.248. The highest BCUT2D eigenvalue weighted by molar-refractivity contribution is 5.85. The van der Waals surface area contributed by atoms with Crippen LogP contribution in [-0.4, -0.2) is 26.2 Å². The lowest BCUT2D eigenvalue weighted by Crippen LogP contribution is -2.23. The zero-order valence-corrected chi connectivity index (χ0v) is 9.63. The Balaban J connectivity index is 2.77. The van der Waals surface area contributed by atoms with Gasteiger partial charge >= 0.3 is 0 Å². The van der Waals surface area contributed by atoms with Crippen molar-refractivity contribution in [1.29, 1.82) is 0 Å². The summed E-state index contributed by atoms with van der Waals surface area (Å²) in [5.41, 5.74) is 2.13. The molecular formula is C11H20N2O. The van der Waals surface area contributed by atoms with E-state index in [4.69, 9.17) is 0 Å². The van der Waals surface area contributed by atoms with Gasteiger partial charge in [-0.25, -0.2) is 0 Å². The molecule has 0 aliphatic rings. The van der Waals surface area contributed by atoms with Crippen molar-refractivity contribution in [3.05, 3.63) is 10.2 Å². The maximum absolute atomic E-state index is 11.6. The number of anilines is 2. The van der Waals surface area contributed by atoms with Gasteiger partial charge in [-0.1, -0.05) is 0 Å². The maximum atomic E-state index is 11.6. The third kappa shape index (κ3) is 1.76. The van der Waals surface area contributed by atoms with E-state index in [1.165, 1.54) is 0 Å². The first kappa shape index (κ1) is 11.1. The summed E-state index contributed by atoms with van der Waals surface area (Å²) in [7, 11) is 0. The Morgan fingerprint density at radius 3 is 1.29 bits per heavy atom. The van der Waals surface area contributed by atoms with E-state index in [-0.39, 0.29) is 5.43 Å². The Morgan fingerprint density at radius 2 is 1.07 bits per heavy atom. The number of hydrogen-bond donors (Lipinski definition) is 0. The van der Waals surface area contributed by atoms with Gasteiger partial charge < -0.3 is 9.80 Å². The molecule has 0 aliphatic heterocycles. The van der Waals surface area contributed by atoms with Crippen LogP contribution in [0.5, 0.6) is 0 Å². The van der Waals surface area contributed by atoms with E-state index in [0.29, 0.717) is 0 Å². The summed E-state index contributed by atoms with van der Waals surface area (Å²) in [5.74, 6) is 0. The van der Waals surface area contributed by atoms with Crippen molar-refractivity contribution in [3.63, 3.8) is 0 Å². The molecule has 80 valence electrons. The molecule has 0 aromatic heterocycles. The van der Waals surface area contributed by atoms with E-state index in [1.54, 1.807) is 0 Å². The highest BCUT2D eigenvalue weighted by atomic mass is 16.1. The average molecular weight is 196 g/mol. The summed E-state index contributed by atoms with van der Waals surface area (Å²) in [6.45, 7) is 12.0. The topological polar surface area (TPSA) is 23.6 Å². The molecule has 3 heteroatoms. The fourth-order valence-corrected chi connectivity index (χ4v) is 1.82. The Morgan fingerprint density at radius 1 is 0.786 bits per heavy atom. The third-order valence-electron chi connectivity index (χ3n) is 2.75. The highest BCUT2D eigenvalue weighted by Gasteiger charge is 2.29. The Labute approximate surface area is 86.0 Å². The summed E-state index contributed by atoms with van der Waals surface area (Å²) < 4.78 is 0. The van der Waals surface area contributed by atoms with Crippen molar-refractivity contribution >= 4 is 11.4 Å². The van der Waals surface area contributed by atoms with Crippen molar-refractivity contribution in [3.8, 4) is 0 Å². The molecule has 0 spiro atoms. The molecule has 1 aromatic carbocycles. The van der Waals surface area contributed by atoms with Gasteiger partial charge in [0.05, 0.1) is 0 Å². The van der Waals surface area contributed by atoms with Gasteiger partial charge in [0.1, 0.15) is 11.4 Å². The monoisotopic (exact) mass is 196 g/mol. The van der Waals surface area contributed by atoms with E-state index >= 15 is 0 Å². The SMILES string of the molecule is CCN(CC)c1c(N(CC)CC)c1=O. The van der Waals surface area contributed by atoms with E-state index < -0.39 is 0 Å². The van der Waals surface area contributed by atoms with Crippen molar-refractivity contribution < 1.29 is 0 Å². The number of nitrogens with zero attached hydrogens (tertiary/aromatic N) is 2. The van der Waals surface area contributed by atoms with Gasteiger partial charge in [-0.05, 0) is 27.7 Å². The first-order valence-electron chi connectivity index (χ1n) is 5.49. The van der Waals surface area contributed by atoms with Crippen LogP contribution in [0.1, 0.15) is 27.7 Å². The van der Waals surface area contributed by atoms with E-state index in [0.717, 1.165) is 37.6 Å². The second kappa shape index (κ2) is 4.49. The smallest absolute Gasteiger partial charge is 0.229 e. The molecule has 3 nitrogen and oxygen atoms in total. The molecule has 0 amide bonds. The molecule has 0 saturated heterocycles. The van der Waals surface area contributed by atoms with E-state index in [9.17, 15) is 4.79 Å². The van der Waals surface area contributed by atoms with Crippen LogP contribution in [0.2, 0.25) is 0 Å². The molecular weight excluding hydrogens is 176 g/mol. The van der Waals surface area contributed by atoms with Gasteiger partial charge in [-0.15, -0.1) is 0 Å². The quantitative estimate of drug-likeness (QED) is 0.690. The van der Waals surface area contributed by atoms with Crippen molar-refractivity contribution in [2.75, 3.05) is 36.0 Å². The van der Waals surface area contributed by atoms with Crippen LogP contribution in [0.4, 0.5) is 11.4 Å². The predicted octanol–water partition coefficient (Wildman–Crippen LogP) is 1.61. The number of rotatable bonds is 6. The molecule has 1 rings (SSSR count). The van der Waals surface area contributed by atoms with Crippen LogP contribution < -0.4 is 15.2 Å². The first-order chi connectivity index (χ1) is 6.71. The van der Waals surface area contributed by atoms with Crippen LogP contribution >= 0.6 is 0 Å². The van der Waals surface area contributed by atoms with E-state index in [2.05, 4.69) is 37.5 Å². The predicted molar refractivity (Wildman–Crippen MR) is 62.2 cm³/mol. The number of hydrogen-bond acceptors (Lipinski definition) is 3. The van der Waals surface area contributed by atoms with Crippen LogP contribution in [0.15, 0.2) is 4.79 Å². The van der Waals surface area contributed by atoms with E-state index in [1.807, 2.05) is 0 Å². The maximum Gasteiger partial charge on any atom is 0.229 e. The summed E-state index contributed by atoms with van der Waals surface area (Å²) in [5, 5.41) is 0. The molecule has 0 saturated carbocycles. The van der Waals surface area contributed by atoms with Gasteiger partial charge in [0, 0.05) is 26.2 Å². The van der Waals surface area contributed by atoms with Crippen LogP contribution in [0.25, 0.3) is 0 Å². The molecule has 0 bridgehead atoms. The van der Waals surface area contributed by atoms with Gasteiger partial charge in [-0.3, -0.25) is 4.79 Å². The largest absolute Gasteiger partial charge is 0.367 e. The zero-order chi connectivity index (χ0) is 10.7. The molecule has 0 unspecified atom stereocenters. The van der Waals surface area contributed by atoms with Crippen molar-refractivity contribution in [1.82, 2.24) is 0 Å². The minimum atomic E-state index is 0.248. The highest BCUT2D eigenvalue weighted by Crippen LogP contribution is 2.31. The van der Waals surface area contributed by atoms with Crippen molar-refractivity contribution in [2.45, 2.75) is 27.7 Å². The Bertz CT molecular complexity index is 264. The van der Waals surface area contributed by atoms with Crippen LogP contribution in [0.3, 0.4) is 0 Å². The fourth-order valence-electron chi connectivity index (χ4n) is 1.82.